The van der Waals surface area contributed by atoms with E-state index in [1.807, 2.05) is 0 Å². The molecule has 72 valence electrons. The highest BCUT2D eigenvalue weighted by Gasteiger charge is 1.99. The lowest BCUT2D eigenvalue weighted by molar-refractivity contribution is 0.131. The molecule has 6 N–H and O–H groups in total. The summed E-state index contributed by atoms with van der Waals surface area (Å²) in [7, 11) is 0. The van der Waals surface area contributed by atoms with E-state index in [0.29, 0.717) is 0 Å². The van der Waals surface area contributed by atoms with Crippen molar-refractivity contribution in [3.63, 3.8) is 0 Å². The van der Waals surface area contributed by atoms with E-state index in [0.717, 1.165) is 0 Å². The third kappa shape index (κ3) is 3.05. The van der Waals surface area contributed by atoms with Gasteiger partial charge in [0.05, 0.1) is 13.2 Å². The van der Waals surface area contributed by atoms with Crippen LogP contribution in [0.15, 0.2) is 0 Å². The second-order valence-corrected chi connectivity index (χ2v) is 2.05. The van der Waals surface area contributed by atoms with Crippen molar-refractivity contribution < 1.29 is 9.94 Å². The third-order valence-electron chi connectivity index (χ3n) is 1.03. The first-order valence-corrected chi connectivity index (χ1v) is 3.48. The van der Waals surface area contributed by atoms with E-state index in [-0.39, 0.29) is 31.1 Å². The van der Waals surface area contributed by atoms with Gasteiger partial charge in [0.25, 0.3) is 5.95 Å². The maximum Gasteiger partial charge on any atom is 0.253 e. The molecule has 0 radical (unpaired) electrons. The SMILES string of the molecule is Nc1nc(N)nc(NOCCO)n1. The average Bonchev–Trinajstić information content (AvgIpc) is 2.03. The van der Waals surface area contributed by atoms with Gasteiger partial charge >= 0.3 is 0 Å². The van der Waals surface area contributed by atoms with Crippen LogP contribution >= 0.6 is 0 Å². The lowest BCUT2D eigenvalue weighted by Gasteiger charge is -2.03. The molecule has 0 aliphatic carbocycles. The zero-order chi connectivity index (χ0) is 9.68. The predicted octanol–water partition coefficient (Wildman–Crippen LogP) is -1.63. The minimum atomic E-state index is -0.108. The number of hydrogen-bond acceptors (Lipinski definition) is 8. The van der Waals surface area contributed by atoms with Gasteiger partial charge < -0.3 is 16.6 Å². The van der Waals surface area contributed by atoms with Crippen molar-refractivity contribution in [1.82, 2.24) is 15.0 Å². The molecule has 0 unspecified atom stereocenters. The van der Waals surface area contributed by atoms with Gasteiger partial charge in [-0.05, 0) is 0 Å². The molecule has 1 heterocycles. The van der Waals surface area contributed by atoms with Crippen LogP contribution < -0.4 is 16.9 Å². The molecule has 0 aliphatic rings. The molecule has 1 aromatic heterocycles. The van der Waals surface area contributed by atoms with Gasteiger partial charge in [0.2, 0.25) is 11.9 Å². The summed E-state index contributed by atoms with van der Waals surface area (Å²) >= 11 is 0. The van der Waals surface area contributed by atoms with E-state index in [9.17, 15) is 0 Å². The molecule has 0 spiro atoms. The zero-order valence-electron chi connectivity index (χ0n) is 6.77. The molecule has 1 aromatic rings. The van der Waals surface area contributed by atoms with E-state index in [4.69, 9.17) is 21.4 Å². The van der Waals surface area contributed by atoms with Crippen LogP contribution in [0, 0.1) is 0 Å². The Morgan fingerprint density at radius 2 is 1.85 bits per heavy atom. The Morgan fingerprint density at radius 1 is 1.23 bits per heavy atom. The summed E-state index contributed by atoms with van der Waals surface area (Å²) in [5.41, 5.74) is 12.9. The van der Waals surface area contributed by atoms with Gasteiger partial charge in [-0.3, -0.25) is 4.84 Å². The van der Waals surface area contributed by atoms with E-state index < -0.39 is 0 Å². The van der Waals surface area contributed by atoms with Crippen molar-refractivity contribution in [2.45, 2.75) is 0 Å². The smallest absolute Gasteiger partial charge is 0.253 e. The quantitative estimate of drug-likeness (QED) is 0.325. The van der Waals surface area contributed by atoms with Gasteiger partial charge in [-0.25, -0.2) is 5.48 Å². The molecule has 0 saturated heterocycles. The second-order valence-electron chi connectivity index (χ2n) is 2.05. The lowest BCUT2D eigenvalue weighted by Crippen LogP contribution is -2.11. The van der Waals surface area contributed by atoms with Crippen LogP contribution in [0.2, 0.25) is 0 Å². The summed E-state index contributed by atoms with van der Waals surface area (Å²) in [6, 6.07) is 0. The standard InChI is InChI=1S/C5H10N6O2/c6-3-8-4(7)10-5(9-3)11-13-2-1-12/h12H,1-2H2,(H5,6,7,8,9,10,11). The molecule has 0 saturated carbocycles. The van der Waals surface area contributed by atoms with E-state index in [2.05, 4.69) is 20.4 Å². The Kier molecular flexibility index (Phi) is 3.17. The van der Waals surface area contributed by atoms with Crippen LogP contribution in [0.25, 0.3) is 0 Å². The minimum absolute atomic E-state index is 0.00241. The Balaban J connectivity index is 2.56. The molecule has 8 heteroatoms. The first-order chi connectivity index (χ1) is 6.22. The minimum Gasteiger partial charge on any atom is -0.394 e. The third-order valence-corrected chi connectivity index (χ3v) is 1.03. The van der Waals surface area contributed by atoms with Crippen molar-refractivity contribution >= 4 is 17.8 Å². The Morgan fingerprint density at radius 3 is 2.38 bits per heavy atom. The topological polar surface area (TPSA) is 132 Å². The fraction of sp³-hybridized carbons (Fsp3) is 0.400. The molecule has 0 aliphatic heterocycles. The highest BCUT2D eigenvalue weighted by atomic mass is 16.6. The second kappa shape index (κ2) is 4.38. The Labute approximate surface area is 73.9 Å². The fourth-order valence-corrected chi connectivity index (χ4v) is 0.616. The van der Waals surface area contributed by atoms with Crippen LogP contribution in [0.4, 0.5) is 17.8 Å². The molecular weight excluding hydrogens is 176 g/mol. The molecule has 13 heavy (non-hydrogen) atoms. The molecule has 1 rings (SSSR count). The Hall–Kier alpha value is -1.67. The summed E-state index contributed by atoms with van der Waals surface area (Å²) in [5, 5.41) is 8.39. The van der Waals surface area contributed by atoms with E-state index >= 15 is 0 Å². The number of anilines is 3. The van der Waals surface area contributed by atoms with Gasteiger partial charge in [-0.15, -0.1) is 0 Å². The number of nitrogens with zero attached hydrogens (tertiary/aromatic N) is 3. The van der Waals surface area contributed by atoms with Gasteiger partial charge in [-0.1, -0.05) is 0 Å². The molecule has 0 atom stereocenters. The highest BCUT2D eigenvalue weighted by Crippen LogP contribution is 2.02. The van der Waals surface area contributed by atoms with E-state index in [1.165, 1.54) is 0 Å². The molecular formula is C5H10N6O2. The Bertz CT molecular complexity index is 259. The van der Waals surface area contributed by atoms with Gasteiger partial charge in [0.15, 0.2) is 0 Å². The fourth-order valence-electron chi connectivity index (χ4n) is 0.616. The summed E-state index contributed by atoms with van der Waals surface area (Å²) in [6.45, 7) is 0.00847. The maximum atomic E-state index is 8.39. The first kappa shape index (κ1) is 9.42. The van der Waals surface area contributed by atoms with Crippen molar-refractivity contribution in [1.29, 1.82) is 0 Å². The van der Waals surface area contributed by atoms with Gasteiger partial charge in [0.1, 0.15) is 0 Å². The first-order valence-electron chi connectivity index (χ1n) is 3.48. The number of nitrogens with two attached hydrogens (primary N) is 2. The lowest BCUT2D eigenvalue weighted by atomic mass is 10.8. The van der Waals surface area contributed by atoms with Gasteiger partial charge in [0, 0.05) is 0 Å². The number of nitrogen functional groups attached to an aromatic ring is 2. The summed E-state index contributed by atoms with van der Waals surface area (Å²) in [5.74, 6) is 0.114. The predicted molar refractivity (Wildman–Crippen MR) is 45.3 cm³/mol. The average molecular weight is 186 g/mol. The van der Waals surface area contributed by atoms with Crippen LogP contribution in [0.1, 0.15) is 0 Å². The molecule has 0 bridgehead atoms. The normalized spacial score (nSPS) is 9.92. The molecule has 0 amide bonds. The molecule has 8 nitrogen and oxygen atoms in total. The van der Waals surface area contributed by atoms with Crippen molar-refractivity contribution in [3.8, 4) is 0 Å². The highest BCUT2D eigenvalue weighted by molar-refractivity contribution is 5.35. The molecule has 0 aromatic carbocycles. The van der Waals surface area contributed by atoms with Crippen LogP contribution in [0.5, 0.6) is 0 Å². The van der Waals surface area contributed by atoms with Crippen LogP contribution in [0.3, 0.4) is 0 Å². The summed E-state index contributed by atoms with van der Waals surface area (Å²) in [4.78, 5) is 15.6. The van der Waals surface area contributed by atoms with Crippen molar-refractivity contribution in [2.24, 2.45) is 0 Å². The zero-order valence-corrected chi connectivity index (χ0v) is 6.77. The summed E-state index contributed by atoms with van der Waals surface area (Å²) < 4.78 is 0. The summed E-state index contributed by atoms with van der Waals surface area (Å²) in [6.07, 6.45) is 0. The number of hydrogen-bond donors (Lipinski definition) is 4. The van der Waals surface area contributed by atoms with Crippen molar-refractivity contribution in [2.75, 3.05) is 30.2 Å². The van der Waals surface area contributed by atoms with Gasteiger partial charge in [-0.2, -0.15) is 15.0 Å². The van der Waals surface area contributed by atoms with Crippen molar-refractivity contribution in [3.05, 3.63) is 0 Å². The maximum absolute atomic E-state index is 8.39. The van der Waals surface area contributed by atoms with E-state index in [1.54, 1.807) is 0 Å². The monoisotopic (exact) mass is 186 g/mol. The number of rotatable bonds is 4. The van der Waals surface area contributed by atoms with Crippen LogP contribution in [-0.4, -0.2) is 33.3 Å². The molecule has 0 fully saturated rings. The number of aliphatic hydroxyl groups is 1. The number of nitrogens with one attached hydrogen (secondary N) is 1. The van der Waals surface area contributed by atoms with Crippen LogP contribution in [-0.2, 0) is 4.84 Å². The largest absolute Gasteiger partial charge is 0.394 e. The number of aliphatic hydroxyl groups excluding tert-OH is 1. The number of aromatic nitrogens is 3.